The van der Waals surface area contributed by atoms with Crippen LogP contribution in [-0.2, 0) is 6.54 Å². The van der Waals surface area contributed by atoms with Crippen molar-refractivity contribution < 1.29 is 9.90 Å². The Balaban J connectivity index is 2.05. The van der Waals surface area contributed by atoms with Gasteiger partial charge in [-0.15, -0.1) is 0 Å². The monoisotopic (exact) mass is 262 g/mol. The van der Waals surface area contributed by atoms with Gasteiger partial charge in [-0.2, -0.15) is 0 Å². The zero-order valence-electron chi connectivity index (χ0n) is 11.6. The number of rotatable bonds is 3. The van der Waals surface area contributed by atoms with Gasteiger partial charge in [0.05, 0.1) is 0 Å². The summed E-state index contributed by atoms with van der Waals surface area (Å²) in [6.07, 6.45) is 0.0719. The Bertz CT molecular complexity index is 421. The first-order chi connectivity index (χ1) is 9.11. The maximum Gasteiger partial charge on any atom is 0.407 e. The van der Waals surface area contributed by atoms with Gasteiger partial charge in [-0.3, -0.25) is 4.90 Å². The number of hydrogen-bond acceptors (Lipinski definition) is 2. The molecule has 0 spiro atoms. The number of carbonyl (C=O) groups is 1. The minimum absolute atomic E-state index is 0.109. The van der Waals surface area contributed by atoms with Crippen molar-refractivity contribution in [3.05, 3.63) is 35.9 Å². The predicted molar refractivity (Wildman–Crippen MR) is 75.1 cm³/mol. The molecule has 1 heterocycles. The molecule has 0 radical (unpaired) electrons. The average Bonchev–Trinajstić information content (AvgIpc) is 2.41. The van der Waals surface area contributed by atoms with Crippen LogP contribution in [0.1, 0.15) is 25.8 Å². The zero-order chi connectivity index (χ0) is 13.8. The standard InChI is InChI=1S/C15H22N2O2/c1-3-14-11-16(10-13-7-5-4-6-8-13)12(2)9-17(14)15(18)19/h4-8,12,14H,3,9-11H2,1-2H3,(H,18,19)/t12-,14+/m0/s1. The highest BCUT2D eigenvalue weighted by molar-refractivity contribution is 5.65. The van der Waals surface area contributed by atoms with Crippen molar-refractivity contribution in [3.8, 4) is 0 Å². The molecule has 0 bridgehead atoms. The van der Waals surface area contributed by atoms with Crippen LogP contribution >= 0.6 is 0 Å². The summed E-state index contributed by atoms with van der Waals surface area (Å²) in [5.74, 6) is 0. The van der Waals surface area contributed by atoms with Crippen LogP contribution in [0.5, 0.6) is 0 Å². The fourth-order valence-corrected chi connectivity index (χ4v) is 2.72. The van der Waals surface area contributed by atoms with Crippen molar-refractivity contribution in [2.45, 2.75) is 38.9 Å². The lowest BCUT2D eigenvalue weighted by Gasteiger charge is -2.44. The van der Waals surface area contributed by atoms with Gasteiger partial charge in [0, 0.05) is 31.7 Å². The molecule has 1 N–H and O–H groups in total. The second kappa shape index (κ2) is 6.06. The van der Waals surface area contributed by atoms with Crippen molar-refractivity contribution in [2.75, 3.05) is 13.1 Å². The van der Waals surface area contributed by atoms with Gasteiger partial charge in [0.15, 0.2) is 0 Å². The molecule has 1 saturated heterocycles. The molecule has 0 aliphatic carbocycles. The number of benzene rings is 1. The van der Waals surface area contributed by atoms with E-state index in [9.17, 15) is 9.90 Å². The van der Waals surface area contributed by atoms with E-state index < -0.39 is 6.09 Å². The van der Waals surface area contributed by atoms with Crippen LogP contribution in [0.2, 0.25) is 0 Å². The molecule has 0 aromatic heterocycles. The quantitative estimate of drug-likeness (QED) is 0.910. The number of amides is 1. The molecule has 19 heavy (non-hydrogen) atoms. The Morgan fingerprint density at radius 1 is 1.32 bits per heavy atom. The van der Waals surface area contributed by atoms with Crippen molar-refractivity contribution >= 4 is 6.09 Å². The molecule has 1 aliphatic rings. The fraction of sp³-hybridized carbons (Fsp3) is 0.533. The van der Waals surface area contributed by atoms with E-state index >= 15 is 0 Å². The van der Waals surface area contributed by atoms with Crippen LogP contribution in [0.15, 0.2) is 30.3 Å². The Kier molecular flexibility index (Phi) is 4.43. The third kappa shape index (κ3) is 3.26. The van der Waals surface area contributed by atoms with Gasteiger partial charge in [-0.25, -0.2) is 4.79 Å². The fourth-order valence-electron chi connectivity index (χ4n) is 2.72. The Hall–Kier alpha value is -1.55. The molecule has 1 amide bonds. The summed E-state index contributed by atoms with van der Waals surface area (Å²) >= 11 is 0. The maximum absolute atomic E-state index is 11.2. The number of hydrogen-bond donors (Lipinski definition) is 1. The van der Waals surface area contributed by atoms with E-state index in [4.69, 9.17) is 0 Å². The Morgan fingerprint density at radius 3 is 2.58 bits per heavy atom. The van der Waals surface area contributed by atoms with E-state index in [0.29, 0.717) is 6.54 Å². The summed E-state index contributed by atoms with van der Waals surface area (Å²) in [6, 6.07) is 10.7. The minimum Gasteiger partial charge on any atom is -0.465 e. The maximum atomic E-state index is 11.2. The summed E-state index contributed by atoms with van der Waals surface area (Å²) < 4.78 is 0. The molecule has 1 fully saturated rings. The highest BCUT2D eigenvalue weighted by Gasteiger charge is 2.33. The van der Waals surface area contributed by atoms with E-state index in [2.05, 4.69) is 30.9 Å². The summed E-state index contributed by atoms with van der Waals surface area (Å²) in [7, 11) is 0. The van der Waals surface area contributed by atoms with Gasteiger partial charge < -0.3 is 10.0 Å². The summed E-state index contributed by atoms with van der Waals surface area (Å²) in [6.45, 7) is 6.47. The first-order valence-electron chi connectivity index (χ1n) is 6.89. The normalized spacial score (nSPS) is 24.4. The Morgan fingerprint density at radius 2 is 2.00 bits per heavy atom. The van der Waals surface area contributed by atoms with Crippen LogP contribution < -0.4 is 0 Å². The highest BCUT2D eigenvalue weighted by Crippen LogP contribution is 2.20. The second-order valence-corrected chi connectivity index (χ2v) is 5.26. The third-order valence-corrected chi connectivity index (χ3v) is 3.92. The lowest BCUT2D eigenvalue weighted by molar-refractivity contribution is 0.0321. The first kappa shape index (κ1) is 13.9. The molecule has 0 unspecified atom stereocenters. The molecule has 4 nitrogen and oxygen atoms in total. The number of nitrogens with zero attached hydrogens (tertiary/aromatic N) is 2. The topological polar surface area (TPSA) is 43.8 Å². The van der Waals surface area contributed by atoms with Crippen molar-refractivity contribution in [3.63, 3.8) is 0 Å². The van der Waals surface area contributed by atoms with Crippen LogP contribution in [0.3, 0.4) is 0 Å². The van der Waals surface area contributed by atoms with Gasteiger partial charge in [-0.1, -0.05) is 37.3 Å². The molecular weight excluding hydrogens is 240 g/mol. The molecule has 0 saturated carbocycles. The van der Waals surface area contributed by atoms with Crippen molar-refractivity contribution in [2.24, 2.45) is 0 Å². The molecule has 104 valence electrons. The molecule has 1 aliphatic heterocycles. The number of carboxylic acid groups (broad SMARTS) is 1. The van der Waals surface area contributed by atoms with E-state index in [1.807, 2.05) is 18.2 Å². The minimum atomic E-state index is -0.793. The molecule has 1 aromatic rings. The summed E-state index contributed by atoms with van der Waals surface area (Å²) in [5.41, 5.74) is 1.29. The van der Waals surface area contributed by atoms with Gasteiger partial charge in [0.25, 0.3) is 0 Å². The van der Waals surface area contributed by atoms with Gasteiger partial charge in [0.1, 0.15) is 0 Å². The molecule has 1 aromatic carbocycles. The third-order valence-electron chi connectivity index (χ3n) is 3.92. The average molecular weight is 262 g/mol. The second-order valence-electron chi connectivity index (χ2n) is 5.26. The molecule has 2 atom stereocenters. The number of piperazine rings is 1. The van der Waals surface area contributed by atoms with Crippen molar-refractivity contribution in [1.82, 2.24) is 9.80 Å². The lowest BCUT2D eigenvalue weighted by Crippen LogP contribution is -2.58. The van der Waals surface area contributed by atoms with E-state index in [0.717, 1.165) is 19.5 Å². The zero-order valence-corrected chi connectivity index (χ0v) is 11.6. The van der Waals surface area contributed by atoms with Crippen molar-refractivity contribution in [1.29, 1.82) is 0 Å². The van der Waals surface area contributed by atoms with Crippen LogP contribution in [0.4, 0.5) is 4.79 Å². The predicted octanol–water partition coefficient (Wildman–Crippen LogP) is 2.65. The van der Waals surface area contributed by atoms with E-state index in [1.54, 1.807) is 4.90 Å². The van der Waals surface area contributed by atoms with E-state index in [1.165, 1.54) is 5.56 Å². The SMILES string of the molecule is CC[C@@H]1CN(Cc2ccccc2)[C@@H](C)CN1C(=O)O. The smallest absolute Gasteiger partial charge is 0.407 e. The molecular formula is C15H22N2O2. The summed E-state index contributed by atoms with van der Waals surface area (Å²) in [5, 5.41) is 9.24. The first-order valence-corrected chi connectivity index (χ1v) is 6.89. The largest absolute Gasteiger partial charge is 0.465 e. The molecule has 4 heteroatoms. The van der Waals surface area contributed by atoms with Gasteiger partial charge in [-0.05, 0) is 18.9 Å². The van der Waals surface area contributed by atoms with Crippen LogP contribution in [0.25, 0.3) is 0 Å². The molecule has 2 rings (SSSR count). The lowest BCUT2D eigenvalue weighted by atomic mass is 10.0. The van der Waals surface area contributed by atoms with E-state index in [-0.39, 0.29) is 12.1 Å². The highest BCUT2D eigenvalue weighted by atomic mass is 16.4. The van der Waals surface area contributed by atoms with Crippen LogP contribution in [-0.4, -0.2) is 46.2 Å². The summed E-state index contributed by atoms with van der Waals surface area (Å²) in [4.78, 5) is 15.2. The van der Waals surface area contributed by atoms with Gasteiger partial charge in [0.2, 0.25) is 0 Å². The van der Waals surface area contributed by atoms with Crippen LogP contribution in [0, 0.1) is 0 Å². The Labute approximate surface area is 114 Å². The van der Waals surface area contributed by atoms with Gasteiger partial charge >= 0.3 is 6.09 Å².